The average Bonchev–Trinajstić information content (AvgIpc) is 3.28. The molecule has 5 heteroatoms. The van der Waals surface area contributed by atoms with Crippen molar-refractivity contribution in [2.45, 2.75) is 45.4 Å². The maximum absolute atomic E-state index is 12.7. The van der Waals surface area contributed by atoms with Crippen molar-refractivity contribution < 1.29 is 12.7 Å². The van der Waals surface area contributed by atoms with E-state index in [0.29, 0.717) is 12.1 Å². The van der Waals surface area contributed by atoms with E-state index in [9.17, 15) is 8.42 Å². The van der Waals surface area contributed by atoms with Crippen LogP contribution in [-0.4, -0.2) is 19.9 Å². The van der Waals surface area contributed by atoms with Gasteiger partial charge in [-0.05, 0) is 45.5 Å². The Morgan fingerprint density at radius 2 is 1.42 bits per heavy atom. The molecule has 5 rings (SSSR count). The van der Waals surface area contributed by atoms with Crippen LogP contribution >= 0.6 is 0 Å². The van der Waals surface area contributed by atoms with Gasteiger partial charge in [0, 0.05) is 11.1 Å². The third kappa shape index (κ3) is 5.07. The van der Waals surface area contributed by atoms with Gasteiger partial charge in [0.1, 0.15) is 5.71 Å². The van der Waals surface area contributed by atoms with Crippen LogP contribution in [0.3, 0.4) is 0 Å². The number of oxime groups is 1. The summed E-state index contributed by atoms with van der Waals surface area (Å²) in [5.41, 5.74) is 6.52. The van der Waals surface area contributed by atoms with Crippen LogP contribution in [0.1, 0.15) is 62.1 Å². The Balaban J connectivity index is 1.48. The zero-order chi connectivity index (χ0) is 25.0. The van der Waals surface area contributed by atoms with E-state index in [1.807, 2.05) is 36.4 Å². The Hall–Kier alpha value is -3.44. The molecule has 0 aromatic heterocycles. The van der Waals surface area contributed by atoms with E-state index in [2.05, 4.69) is 60.6 Å². The van der Waals surface area contributed by atoms with E-state index in [-0.39, 0.29) is 5.75 Å². The highest BCUT2D eigenvalue weighted by Crippen LogP contribution is 2.42. The van der Waals surface area contributed by atoms with Gasteiger partial charge in [-0.25, -0.2) is 0 Å². The smallest absolute Gasteiger partial charge is 0.268 e. The van der Waals surface area contributed by atoms with Gasteiger partial charge in [0.25, 0.3) is 0 Å². The minimum Gasteiger partial charge on any atom is -0.268 e. The van der Waals surface area contributed by atoms with Crippen molar-refractivity contribution in [1.29, 1.82) is 0 Å². The molecule has 36 heavy (non-hydrogen) atoms. The van der Waals surface area contributed by atoms with Crippen LogP contribution in [0.25, 0.3) is 28.0 Å². The fourth-order valence-corrected chi connectivity index (χ4v) is 5.80. The van der Waals surface area contributed by atoms with E-state index >= 15 is 0 Å². The van der Waals surface area contributed by atoms with Gasteiger partial charge in [-0.3, -0.25) is 4.28 Å². The Kier molecular flexibility index (Phi) is 7.19. The van der Waals surface area contributed by atoms with Crippen LogP contribution in [-0.2, 0) is 14.4 Å². The first-order valence-corrected chi connectivity index (χ1v) is 14.4. The summed E-state index contributed by atoms with van der Waals surface area (Å²) in [6.07, 6.45) is 12.2. The van der Waals surface area contributed by atoms with Gasteiger partial charge >= 0.3 is 10.1 Å². The number of fused-ring (bicyclic) bond motifs is 4. The van der Waals surface area contributed by atoms with Crippen molar-refractivity contribution in [1.82, 2.24) is 0 Å². The molecule has 0 spiro atoms. The number of unbranched alkanes of at least 4 members (excludes halogenated alkanes) is 5. The normalized spacial score (nSPS) is 15.8. The number of allylic oxidation sites excluding steroid dienone is 5. The Morgan fingerprint density at radius 3 is 2.31 bits per heavy atom. The van der Waals surface area contributed by atoms with Crippen LogP contribution in [0.5, 0.6) is 0 Å². The van der Waals surface area contributed by atoms with Gasteiger partial charge in [0.2, 0.25) is 0 Å². The van der Waals surface area contributed by atoms with Crippen LogP contribution in [0, 0.1) is 0 Å². The number of benzene rings is 3. The lowest BCUT2D eigenvalue weighted by Gasteiger charge is -2.19. The van der Waals surface area contributed by atoms with Crippen LogP contribution in [0.15, 0.2) is 89.6 Å². The molecule has 0 bridgehead atoms. The number of hydrogen-bond acceptors (Lipinski definition) is 4. The summed E-state index contributed by atoms with van der Waals surface area (Å²) < 4.78 is 30.8. The molecule has 0 unspecified atom stereocenters. The molecular weight excluding hydrogens is 466 g/mol. The molecule has 0 fully saturated rings. The number of nitrogens with zero attached hydrogens (tertiary/aromatic N) is 1. The Morgan fingerprint density at radius 1 is 0.722 bits per heavy atom. The van der Waals surface area contributed by atoms with E-state index in [1.165, 1.54) is 12.8 Å². The van der Waals surface area contributed by atoms with Gasteiger partial charge in [-0.2, -0.15) is 8.42 Å². The van der Waals surface area contributed by atoms with Gasteiger partial charge in [-0.1, -0.05) is 123 Å². The lowest BCUT2D eigenvalue weighted by molar-refractivity contribution is 0.338. The van der Waals surface area contributed by atoms with Gasteiger partial charge in [-0.15, -0.1) is 0 Å². The predicted octanol–water partition coefficient (Wildman–Crippen LogP) is 7.78. The highest BCUT2D eigenvalue weighted by molar-refractivity contribution is 7.86. The summed E-state index contributed by atoms with van der Waals surface area (Å²) in [6.45, 7) is 2.17. The molecule has 0 aliphatic heterocycles. The average molecular weight is 498 g/mol. The first-order chi connectivity index (χ1) is 17.6. The monoisotopic (exact) mass is 497 g/mol. The summed E-state index contributed by atoms with van der Waals surface area (Å²) in [6, 6.07) is 22.5. The SMILES string of the molecule is CCCCCCCCS(=O)(=O)ON=C1C2=Cc3ccccc3C2=CC=C1c1cccc2ccccc12. The minimum atomic E-state index is -3.78. The minimum absolute atomic E-state index is 0.0226. The first-order valence-electron chi connectivity index (χ1n) is 12.8. The summed E-state index contributed by atoms with van der Waals surface area (Å²) >= 11 is 0. The quantitative estimate of drug-likeness (QED) is 0.212. The van der Waals surface area contributed by atoms with Crippen molar-refractivity contribution in [2.75, 3.05) is 5.75 Å². The molecule has 3 aromatic rings. The summed E-state index contributed by atoms with van der Waals surface area (Å²) in [4.78, 5) is 0. The van der Waals surface area contributed by atoms with Gasteiger partial charge in [0.15, 0.2) is 0 Å². The zero-order valence-electron chi connectivity index (χ0n) is 20.6. The summed E-state index contributed by atoms with van der Waals surface area (Å²) in [7, 11) is -3.78. The molecule has 0 saturated carbocycles. The molecule has 0 radical (unpaired) electrons. The lowest BCUT2D eigenvalue weighted by atomic mass is 9.85. The summed E-state index contributed by atoms with van der Waals surface area (Å²) in [5.74, 6) is -0.0226. The highest BCUT2D eigenvalue weighted by Gasteiger charge is 2.29. The number of hydrogen-bond donors (Lipinski definition) is 0. The fourth-order valence-electron chi connectivity index (χ4n) is 4.98. The lowest BCUT2D eigenvalue weighted by Crippen LogP contribution is -2.14. The third-order valence-electron chi connectivity index (χ3n) is 6.84. The Bertz CT molecular complexity index is 1500. The maximum Gasteiger partial charge on any atom is 0.328 e. The van der Waals surface area contributed by atoms with Crippen LogP contribution < -0.4 is 0 Å². The molecule has 2 aliphatic rings. The van der Waals surface area contributed by atoms with Gasteiger partial charge in [0.05, 0.1) is 5.75 Å². The van der Waals surface area contributed by atoms with E-state index in [4.69, 9.17) is 4.28 Å². The zero-order valence-corrected chi connectivity index (χ0v) is 21.4. The molecule has 2 aliphatic carbocycles. The molecule has 0 amide bonds. The van der Waals surface area contributed by atoms with E-state index in [1.54, 1.807) is 0 Å². The molecule has 0 saturated heterocycles. The van der Waals surface area contributed by atoms with Crippen LogP contribution in [0.4, 0.5) is 0 Å². The van der Waals surface area contributed by atoms with Crippen molar-refractivity contribution in [3.05, 3.63) is 101 Å². The Labute approximate surface area is 213 Å². The van der Waals surface area contributed by atoms with Crippen molar-refractivity contribution in [3.63, 3.8) is 0 Å². The second kappa shape index (κ2) is 10.7. The standard InChI is InChI=1S/C31H31NO3S/c1-2-3-4-5-6-11-21-36(33,34)35-32-31-29(27-18-12-15-23-13-7-9-16-25(23)27)20-19-28-26-17-10-8-14-24(26)22-30(28)31/h7-10,12-20,22H,2-6,11,21H2,1H3. The van der Waals surface area contributed by atoms with Crippen molar-refractivity contribution >= 4 is 43.8 Å². The van der Waals surface area contributed by atoms with Crippen molar-refractivity contribution in [3.8, 4) is 0 Å². The largest absolute Gasteiger partial charge is 0.328 e. The first kappa shape index (κ1) is 24.3. The molecule has 3 aromatic carbocycles. The molecule has 0 heterocycles. The molecule has 184 valence electrons. The molecular formula is C31H31NO3S. The number of rotatable bonds is 10. The van der Waals surface area contributed by atoms with E-state index < -0.39 is 10.1 Å². The van der Waals surface area contributed by atoms with Gasteiger partial charge < -0.3 is 0 Å². The summed E-state index contributed by atoms with van der Waals surface area (Å²) in [5, 5.41) is 6.53. The maximum atomic E-state index is 12.7. The third-order valence-corrected chi connectivity index (χ3v) is 7.93. The van der Waals surface area contributed by atoms with E-state index in [0.717, 1.165) is 63.4 Å². The predicted molar refractivity (Wildman–Crippen MR) is 150 cm³/mol. The molecule has 0 N–H and O–H groups in total. The molecule has 0 atom stereocenters. The fraction of sp³-hybridized carbons (Fsp3) is 0.258. The topological polar surface area (TPSA) is 55.7 Å². The second-order valence-electron chi connectivity index (χ2n) is 9.38. The highest BCUT2D eigenvalue weighted by atomic mass is 32.2. The van der Waals surface area contributed by atoms with Crippen molar-refractivity contribution in [2.24, 2.45) is 5.16 Å². The van der Waals surface area contributed by atoms with Crippen LogP contribution in [0.2, 0.25) is 0 Å². The molecule has 4 nitrogen and oxygen atoms in total. The second-order valence-corrected chi connectivity index (χ2v) is 11.0.